The maximum atomic E-state index is 12.3. The number of hydrogen-bond donors (Lipinski definition) is 0. The van der Waals surface area contributed by atoms with Gasteiger partial charge in [0.1, 0.15) is 5.41 Å². The number of rotatable bonds is 4. The maximum Gasteiger partial charge on any atom is 0.319 e. The molecule has 1 fully saturated rings. The molecular weight excluding hydrogens is 244 g/mol. The first-order valence-electron chi connectivity index (χ1n) is 6.76. The van der Waals surface area contributed by atoms with Gasteiger partial charge in [-0.2, -0.15) is 5.10 Å². The molecule has 1 unspecified atom stereocenters. The second-order valence-electron chi connectivity index (χ2n) is 5.13. The van der Waals surface area contributed by atoms with Crippen LogP contribution in [0.2, 0.25) is 0 Å². The van der Waals surface area contributed by atoms with Crippen LogP contribution in [-0.4, -0.2) is 28.1 Å². The number of nitrogens with zero attached hydrogens (tertiary/aromatic N) is 2. The minimum Gasteiger partial charge on any atom is -0.465 e. The van der Waals surface area contributed by atoms with E-state index in [1.54, 1.807) is 17.8 Å². The topological polar surface area (TPSA) is 61.2 Å². The number of carbonyl (C=O) groups excluding carboxylic acids is 2. The highest BCUT2D eigenvalue weighted by atomic mass is 16.5. The minimum atomic E-state index is -0.989. The van der Waals surface area contributed by atoms with Crippen molar-refractivity contribution in [3.05, 3.63) is 18.0 Å². The predicted molar refractivity (Wildman–Crippen MR) is 69.5 cm³/mol. The van der Waals surface area contributed by atoms with Gasteiger partial charge in [0, 0.05) is 19.7 Å². The summed E-state index contributed by atoms with van der Waals surface area (Å²) < 4.78 is 6.83. The summed E-state index contributed by atoms with van der Waals surface area (Å²) in [6.45, 7) is 2.07. The predicted octanol–water partition coefficient (Wildman–Crippen LogP) is 1.66. The van der Waals surface area contributed by atoms with Gasteiger partial charge < -0.3 is 4.74 Å². The normalized spacial score (nSPS) is 23.4. The third-order valence-corrected chi connectivity index (χ3v) is 3.72. The van der Waals surface area contributed by atoms with Crippen LogP contribution in [-0.2, 0) is 27.8 Å². The Morgan fingerprint density at radius 3 is 2.89 bits per heavy atom. The molecule has 0 aliphatic heterocycles. The van der Waals surface area contributed by atoms with E-state index in [4.69, 9.17) is 4.74 Å². The fourth-order valence-corrected chi connectivity index (χ4v) is 2.75. The number of aryl methyl sites for hydroxylation is 1. The molecule has 1 heterocycles. The number of aromatic nitrogens is 2. The molecule has 5 nitrogen and oxygen atoms in total. The molecule has 0 radical (unpaired) electrons. The second kappa shape index (κ2) is 5.55. The van der Waals surface area contributed by atoms with Gasteiger partial charge in [0.15, 0.2) is 5.78 Å². The Labute approximate surface area is 112 Å². The Hall–Kier alpha value is -1.65. The van der Waals surface area contributed by atoms with Gasteiger partial charge in [0.25, 0.3) is 0 Å². The summed E-state index contributed by atoms with van der Waals surface area (Å²) in [5.74, 6) is -0.357. The summed E-state index contributed by atoms with van der Waals surface area (Å²) in [7, 11) is 1.82. The Bertz CT molecular complexity index is 481. The van der Waals surface area contributed by atoms with Crippen molar-refractivity contribution >= 4 is 11.8 Å². The van der Waals surface area contributed by atoms with E-state index in [1.165, 1.54) is 0 Å². The molecule has 1 aliphatic carbocycles. The first kappa shape index (κ1) is 13.8. The number of carbonyl (C=O) groups is 2. The largest absolute Gasteiger partial charge is 0.465 e. The van der Waals surface area contributed by atoms with Crippen LogP contribution in [0.25, 0.3) is 0 Å². The molecule has 104 valence electrons. The van der Waals surface area contributed by atoms with Crippen LogP contribution in [0.15, 0.2) is 12.4 Å². The third kappa shape index (κ3) is 2.69. The van der Waals surface area contributed by atoms with Crippen molar-refractivity contribution in [1.82, 2.24) is 9.78 Å². The van der Waals surface area contributed by atoms with Gasteiger partial charge in [-0.3, -0.25) is 14.3 Å². The lowest BCUT2D eigenvalue weighted by Crippen LogP contribution is -2.44. The molecule has 0 bridgehead atoms. The van der Waals surface area contributed by atoms with E-state index in [2.05, 4.69) is 5.10 Å². The minimum absolute atomic E-state index is 0.0149. The van der Waals surface area contributed by atoms with Crippen molar-refractivity contribution in [2.45, 2.75) is 39.0 Å². The molecule has 2 rings (SSSR count). The molecule has 0 aromatic carbocycles. The van der Waals surface area contributed by atoms with Crippen molar-refractivity contribution in [3.8, 4) is 0 Å². The van der Waals surface area contributed by atoms with Crippen molar-refractivity contribution in [1.29, 1.82) is 0 Å². The molecule has 0 N–H and O–H groups in total. The third-order valence-electron chi connectivity index (χ3n) is 3.72. The average Bonchev–Trinajstić information content (AvgIpc) is 2.78. The SMILES string of the molecule is CCOC(=O)C1(Cc2cnn(C)c2)CCCCC1=O. The molecule has 1 aromatic heterocycles. The van der Waals surface area contributed by atoms with E-state index in [-0.39, 0.29) is 11.8 Å². The smallest absolute Gasteiger partial charge is 0.319 e. The molecular formula is C14H20N2O3. The standard InChI is InChI=1S/C14H20N2O3/c1-3-19-13(18)14(7-5-4-6-12(14)17)8-11-9-15-16(2)10-11/h9-10H,3-8H2,1-2H3. The van der Waals surface area contributed by atoms with Crippen LogP contribution in [0.5, 0.6) is 0 Å². The van der Waals surface area contributed by atoms with Gasteiger partial charge in [-0.1, -0.05) is 6.42 Å². The summed E-state index contributed by atoms with van der Waals surface area (Å²) in [5.41, 5.74) is -0.0806. The van der Waals surface area contributed by atoms with Crippen LogP contribution in [0.3, 0.4) is 0 Å². The Morgan fingerprint density at radius 1 is 1.53 bits per heavy atom. The quantitative estimate of drug-likeness (QED) is 0.613. The second-order valence-corrected chi connectivity index (χ2v) is 5.13. The highest BCUT2D eigenvalue weighted by Gasteiger charge is 2.47. The van der Waals surface area contributed by atoms with Crippen LogP contribution >= 0.6 is 0 Å². The van der Waals surface area contributed by atoms with Crippen molar-refractivity contribution in [3.63, 3.8) is 0 Å². The van der Waals surface area contributed by atoms with Crippen LogP contribution in [0, 0.1) is 5.41 Å². The summed E-state index contributed by atoms with van der Waals surface area (Å²) in [4.78, 5) is 24.6. The zero-order valence-corrected chi connectivity index (χ0v) is 11.5. The molecule has 1 atom stereocenters. The Morgan fingerprint density at radius 2 is 2.32 bits per heavy atom. The maximum absolute atomic E-state index is 12.3. The monoisotopic (exact) mass is 264 g/mol. The van der Waals surface area contributed by atoms with Gasteiger partial charge >= 0.3 is 5.97 Å². The fraction of sp³-hybridized carbons (Fsp3) is 0.643. The fourth-order valence-electron chi connectivity index (χ4n) is 2.75. The number of Topliss-reactive ketones (excluding diaryl/α,β-unsaturated/α-hetero) is 1. The van der Waals surface area contributed by atoms with Gasteiger partial charge in [-0.05, 0) is 31.7 Å². The van der Waals surface area contributed by atoms with E-state index < -0.39 is 5.41 Å². The highest BCUT2D eigenvalue weighted by Crippen LogP contribution is 2.37. The summed E-state index contributed by atoms with van der Waals surface area (Å²) >= 11 is 0. The molecule has 1 saturated carbocycles. The molecule has 1 aromatic rings. The lowest BCUT2D eigenvalue weighted by atomic mass is 9.69. The van der Waals surface area contributed by atoms with Gasteiger partial charge in [0.05, 0.1) is 12.8 Å². The average molecular weight is 264 g/mol. The molecule has 0 saturated heterocycles. The van der Waals surface area contributed by atoms with Crippen molar-refractivity contribution in [2.24, 2.45) is 12.5 Å². The molecule has 19 heavy (non-hydrogen) atoms. The van der Waals surface area contributed by atoms with Gasteiger partial charge in [-0.25, -0.2) is 0 Å². The number of esters is 1. The lowest BCUT2D eigenvalue weighted by Gasteiger charge is -2.33. The van der Waals surface area contributed by atoms with E-state index in [9.17, 15) is 9.59 Å². The van der Waals surface area contributed by atoms with Crippen molar-refractivity contribution < 1.29 is 14.3 Å². The van der Waals surface area contributed by atoms with Gasteiger partial charge in [0.2, 0.25) is 0 Å². The van der Waals surface area contributed by atoms with E-state index in [0.717, 1.165) is 18.4 Å². The first-order chi connectivity index (χ1) is 9.08. The Kier molecular flexibility index (Phi) is 4.02. The van der Waals surface area contributed by atoms with E-state index in [1.807, 2.05) is 13.2 Å². The molecule has 5 heteroatoms. The molecule has 0 amide bonds. The molecule has 0 spiro atoms. The zero-order chi connectivity index (χ0) is 13.9. The first-order valence-corrected chi connectivity index (χ1v) is 6.76. The lowest BCUT2D eigenvalue weighted by molar-refractivity contribution is -0.162. The number of ether oxygens (including phenoxy) is 1. The summed E-state index contributed by atoms with van der Waals surface area (Å²) in [5, 5.41) is 4.10. The number of ketones is 1. The van der Waals surface area contributed by atoms with Crippen LogP contribution in [0.1, 0.15) is 38.2 Å². The van der Waals surface area contributed by atoms with E-state index >= 15 is 0 Å². The van der Waals surface area contributed by atoms with Crippen molar-refractivity contribution in [2.75, 3.05) is 6.61 Å². The van der Waals surface area contributed by atoms with Crippen LogP contribution < -0.4 is 0 Å². The molecule has 1 aliphatic rings. The van der Waals surface area contributed by atoms with Crippen LogP contribution in [0.4, 0.5) is 0 Å². The van der Waals surface area contributed by atoms with E-state index in [0.29, 0.717) is 25.9 Å². The highest BCUT2D eigenvalue weighted by molar-refractivity contribution is 6.04. The number of hydrogen-bond acceptors (Lipinski definition) is 4. The Balaban J connectivity index is 2.27. The van der Waals surface area contributed by atoms with Gasteiger partial charge in [-0.15, -0.1) is 0 Å². The summed E-state index contributed by atoms with van der Waals surface area (Å²) in [6.07, 6.45) is 6.78. The summed E-state index contributed by atoms with van der Waals surface area (Å²) in [6, 6.07) is 0. The zero-order valence-electron chi connectivity index (χ0n) is 11.5.